The molecule has 0 heterocycles. The maximum Gasteiger partial charge on any atom is 0.133 e. The van der Waals surface area contributed by atoms with Crippen LogP contribution >= 0.6 is 11.8 Å². The van der Waals surface area contributed by atoms with E-state index in [9.17, 15) is 0 Å². The average molecular weight is 332 g/mol. The first kappa shape index (κ1) is 17.7. The van der Waals surface area contributed by atoms with E-state index in [2.05, 4.69) is 25.1 Å². The quantitative estimate of drug-likeness (QED) is 0.570. The van der Waals surface area contributed by atoms with Gasteiger partial charge in [-0.3, -0.25) is 0 Å². The van der Waals surface area contributed by atoms with Crippen LogP contribution in [0.4, 0.5) is 0 Å². The van der Waals surface area contributed by atoms with Gasteiger partial charge < -0.3 is 14.2 Å². The summed E-state index contributed by atoms with van der Waals surface area (Å²) in [6.07, 6.45) is 1.87. The maximum atomic E-state index is 5.86. The SMILES string of the molecule is CCCOc1ccc(OCCCOC)cc1Sc1ccccc1. The van der Waals surface area contributed by atoms with Gasteiger partial charge in [-0.05, 0) is 36.8 Å². The first-order valence-corrected chi connectivity index (χ1v) is 8.76. The minimum atomic E-state index is 0.651. The molecule has 0 spiro atoms. The van der Waals surface area contributed by atoms with Crippen LogP contribution in [0.25, 0.3) is 0 Å². The lowest BCUT2D eigenvalue weighted by Crippen LogP contribution is -2.02. The van der Waals surface area contributed by atoms with Gasteiger partial charge in [0.05, 0.1) is 18.1 Å². The van der Waals surface area contributed by atoms with Gasteiger partial charge in [0.1, 0.15) is 11.5 Å². The average Bonchev–Trinajstić information content (AvgIpc) is 2.59. The molecule has 2 aromatic carbocycles. The summed E-state index contributed by atoms with van der Waals surface area (Å²) in [6.45, 7) is 4.19. The van der Waals surface area contributed by atoms with Gasteiger partial charge in [0.15, 0.2) is 0 Å². The Hall–Kier alpha value is -1.65. The molecule has 0 atom stereocenters. The first-order chi connectivity index (χ1) is 11.3. The van der Waals surface area contributed by atoms with Gasteiger partial charge in [-0.15, -0.1) is 0 Å². The van der Waals surface area contributed by atoms with Crippen molar-refractivity contribution in [1.82, 2.24) is 0 Å². The molecule has 0 aromatic heterocycles. The van der Waals surface area contributed by atoms with E-state index in [1.54, 1.807) is 18.9 Å². The van der Waals surface area contributed by atoms with E-state index >= 15 is 0 Å². The van der Waals surface area contributed by atoms with E-state index in [4.69, 9.17) is 14.2 Å². The molecule has 2 aromatic rings. The smallest absolute Gasteiger partial charge is 0.133 e. The van der Waals surface area contributed by atoms with Crippen LogP contribution in [-0.4, -0.2) is 26.9 Å². The number of ether oxygens (including phenoxy) is 3. The lowest BCUT2D eigenvalue weighted by molar-refractivity contribution is 0.172. The highest BCUT2D eigenvalue weighted by atomic mass is 32.2. The Morgan fingerprint density at radius 2 is 1.74 bits per heavy atom. The van der Waals surface area contributed by atoms with Crippen molar-refractivity contribution in [3.63, 3.8) is 0 Å². The minimum Gasteiger partial charge on any atom is -0.493 e. The lowest BCUT2D eigenvalue weighted by atomic mass is 10.3. The molecular weight excluding hydrogens is 308 g/mol. The van der Waals surface area contributed by atoms with Crippen LogP contribution in [0.3, 0.4) is 0 Å². The lowest BCUT2D eigenvalue weighted by Gasteiger charge is -2.13. The van der Waals surface area contributed by atoms with Gasteiger partial charge in [0, 0.05) is 25.0 Å². The van der Waals surface area contributed by atoms with Crippen LogP contribution in [-0.2, 0) is 4.74 Å². The topological polar surface area (TPSA) is 27.7 Å². The van der Waals surface area contributed by atoms with Crippen LogP contribution in [0.2, 0.25) is 0 Å². The molecule has 2 rings (SSSR count). The molecule has 0 saturated heterocycles. The van der Waals surface area contributed by atoms with Gasteiger partial charge >= 0.3 is 0 Å². The predicted octanol–water partition coefficient (Wildman–Crippen LogP) is 5.04. The van der Waals surface area contributed by atoms with Crippen LogP contribution in [0.5, 0.6) is 11.5 Å². The summed E-state index contributed by atoms with van der Waals surface area (Å²) in [5.74, 6) is 1.77. The zero-order valence-electron chi connectivity index (χ0n) is 13.8. The van der Waals surface area contributed by atoms with Gasteiger partial charge in [0.2, 0.25) is 0 Å². The zero-order valence-corrected chi connectivity index (χ0v) is 14.6. The van der Waals surface area contributed by atoms with Crippen molar-refractivity contribution >= 4 is 11.8 Å². The second-order valence-electron chi connectivity index (χ2n) is 5.07. The van der Waals surface area contributed by atoms with E-state index in [0.29, 0.717) is 13.2 Å². The molecule has 0 unspecified atom stereocenters. The second kappa shape index (κ2) is 10.2. The first-order valence-electron chi connectivity index (χ1n) is 7.95. The third-order valence-electron chi connectivity index (χ3n) is 3.11. The molecule has 0 saturated carbocycles. The minimum absolute atomic E-state index is 0.651. The highest BCUT2D eigenvalue weighted by Crippen LogP contribution is 2.37. The summed E-state index contributed by atoms with van der Waals surface area (Å²) in [6, 6.07) is 16.3. The van der Waals surface area contributed by atoms with Crippen LogP contribution in [0.1, 0.15) is 19.8 Å². The number of benzene rings is 2. The largest absolute Gasteiger partial charge is 0.493 e. The van der Waals surface area contributed by atoms with Crippen molar-refractivity contribution in [2.75, 3.05) is 26.9 Å². The summed E-state index contributed by atoms with van der Waals surface area (Å²) in [5, 5.41) is 0. The normalized spacial score (nSPS) is 10.5. The molecule has 23 heavy (non-hydrogen) atoms. The third kappa shape index (κ3) is 6.16. The van der Waals surface area contributed by atoms with Gasteiger partial charge in [0.25, 0.3) is 0 Å². The van der Waals surface area contributed by atoms with Crippen molar-refractivity contribution in [2.24, 2.45) is 0 Å². The van der Waals surface area contributed by atoms with Crippen molar-refractivity contribution in [1.29, 1.82) is 0 Å². The Balaban J connectivity index is 2.09. The van der Waals surface area contributed by atoms with Gasteiger partial charge in [-0.2, -0.15) is 0 Å². The van der Waals surface area contributed by atoms with Gasteiger partial charge in [-0.1, -0.05) is 36.9 Å². The molecule has 0 aliphatic rings. The molecule has 0 aliphatic heterocycles. The molecule has 3 nitrogen and oxygen atoms in total. The van der Waals surface area contributed by atoms with Crippen molar-refractivity contribution in [2.45, 2.75) is 29.6 Å². The number of hydrogen-bond acceptors (Lipinski definition) is 4. The van der Waals surface area contributed by atoms with Crippen molar-refractivity contribution in [3.05, 3.63) is 48.5 Å². The van der Waals surface area contributed by atoms with Crippen LogP contribution in [0, 0.1) is 0 Å². The molecule has 0 N–H and O–H groups in total. The Morgan fingerprint density at radius 3 is 2.48 bits per heavy atom. The summed E-state index contributed by atoms with van der Waals surface area (Å²) < 4.78 is 16.7. The van der Waals surface area contributed by atoms with Crippen molar-refractivity contribution in [3.8, 4) is 11.5 Å². The predicted molar refractivity (Wildman–Crippen MR) is 94.8 cm³/mol. The summed E-state index contributed by atoms with van der Waals surface area (Å²) >= 11 is 1.69. The summed E-state index contributed by atoms with van der Waals surface area (Å²) in [7, 11) is 1.70. The van der Waals surface area contributed by atoms with E-state index in [0.717, 1.165) is 35.8 Å². The monoisotopic (exact) mass is 332 g/mol. The fourth-order valence-electron chi connectivity index (χ4n) is 2.00. The molecule has 0 radical (unpaired) electrons. The highest BCUT2D eigenvalue weighted by molar-refractivity contribution is 7.99. The van der Waals surface area contributed by atoms with Gasteiger partial charge in [-0.25, -0.2) is 0 Å². The van der Waals surface area contributed by atoms with E-state index in [-0.39, 0.29) is 0 Å². The Morgan fingerprint density at radius 1 is 0.913 bits per heavy atom. The molecule has 124 valence electrons. The fourth-order valence-corrected chi connectivity index (χ4v) is 2.95. The standard InChI is InChI=1S/C19H24O3S/c1-3-12-22-18-11-10-16(21-14-7-13-20-2)15-19(18)23-17-8-5-4-6-9-17/h4-6,8-11,15H,3,7,12-14H2,1-2H3. The molecule has 0 amide bonds. The number of rotatable bonds is 10. The van der Waals surface area contributed by atoms with Crippen molar-refractivity contribution < 1.29 is 14.2 Å². The Labute approximate surface area is 143 Å². The van der Waals surface area contributed by atoms with Crippen LogP contribution < -0.4 is 9.47 Å². The number of hydrogen-bond donors (Lipinski definition) is 0. The second-order valence-corrected chi connectivity index (χ2v) is 6.18. The molecule has 4 heteroatoms. The zero-order chi connectivity index (χ0) is 16.3. The Bertz CT molecular complexity index is 572. The molecular formula is C19H24O3S. The van der Waals surface area contributed by atoms with E-state index in [1.165, 1.54) is 4.90 Å². The third-order valence-corrected chi connectivity index (χ3v) is 4.16. The number of methoxy groups -OCH3 is 1. The molecule has 0 fully saturated rings. The Kier molecular flexibility index (Phi) is 7.84. The molecule has 0 bridgehead atoms. The summed E-state index contributed by atoms with van der Waals surface area (Å²) in [4.78, 5) is 2.26. The maximum absolute atomic E-state index is 5.86. The molecule has 0 aliphatic carbocycles. The van der Waals surface area contributed by atoms with E-state index in [1.807, 2.05) is 30.3 Å². The van der Waals surface area contributed by atoms with E-state index < -0.39 is 0 Å². The fraction of sp³-hybridized carbons (Fsp3) is 0.368. The van der Waals surface area contributed by atoms with Crippen LogP contribution in [0.15, 0.2) is 58.3 Å². The highest BCUT2D eigenvalue weighted by Gasteiger charge is 2.08. The summed E-state index contributed by atoms with van der Waals surface area (Å²) in [5.41, 5.74) is 0.